The minimum atomic E-state index is -1.02. The molecule has 0 aliphatic rings. The van der Waals surface area contributed by atoms with E-state index in [1.807, 2.05) is 19.1 Å². The Morgan fingerprint density at radius 1 is 1.40 bits per heavy atom. The first-order chi connectivity index (χ1) is 9.65. The highest BCUT2D eigenvalue weighted by atomic mass is 32.1. The fourth-order valence-corrected chi connectivity index (χ4v) is 2.43. The number of ether oxygens (including phenoxy) is 2. The van der Waals surface area contributed by atoms with Gasteiger partial charge in [0.2, 0.25) is 0 Å². The van der Waals surface area contributed by atoms with Gasteiger partial charge in [0, 0.05) is 10.9 Å². The van der Waals surface area contributed by atoms with Gasteiger partial charge in [-0.1, -0.05) is 6.92 Å². The zero-order chi connectivity index (χ0) is 14.5. The average molecular weight is 293 g/mol. The van der Waals surface area contributed by atoms with Crippen molar-refractivity contribution in [2.45, 2.75) is 13.3 Å². The number of hydrogen-bond donors (Lipinski definition) is 1. The van der Waals surface area contributed by atoms with E-state index in [2.05, 4.69) is 4.98 Å². The number of methoxy groups -OCH3 is 1. The summed E-state index contributed by atoms with van der Waals surface area (Å²) in [6.45, 7) is 2.62. The molecule has 0 atom stereocenters. The van der Waals surface area contributed by atoms with Gasteiger partial charge < -0.3 is 14.6 Å². The maximum Gasteiger partial charge on any atom is 0.355 e. The van der Waals surface area contributed by atoms with Gasteiger partial charge in [-0.2, -0.15) is 0 Å². The molecule has 0 aliphatic carbocycles. The van der Waals surface area contributed by atoms with Crippen LogP contribution in [0.4, 0.5) is 0 Å². The van der Waals surface area contributed by atoms with Crippen LogP contribution in [-0.2, 0) is 0 Å². The van der Waals surface area contributed by atoms with E-state index in [1.54, 1.807) is 13.2 Å². The van der Waals surface area contributed by atoms with Crippen molar-refractivity contribution >= 4 is 17.3 Å². The molecule has 6 heteroatoms. The van der Waals surface area contributed by atoms with Crippen LogP contribution in [0.5, 0.6) is 11.5 Å². The minimum Gasteiger partial charge on any atom is -0.493 e. The number of carboxylic acid groups (broad SMARTS) is 1. The van der Waals surface area contributed by atoms with Gasteiger partial charge in [-0.25, -0.2) is 9.78 Å². The summed E-state index contributed by atoms with van der Waals surface area (Å²) in [7, 11) is 1.58. The first kappa shape index (κ1) is 14.3. The van der Waals surface area contributed by atoms with Crippen LogP contribution in [0.2, 0.25) is 0 Å². The van der Waals surface area contributed by atoms with E-state index in [1.165, 1.54) is 16.7 Å². The Morgan fingerprint density at radius 3 is 2.80 bits per heavy atom. The van der Waals surface area contributed by atoms with Crippen molar-refractivity contribution in [2.24, 2.45) is 0 Å². The van der Waals surface area contributed by atoms with Crippen LogP contribution in [0.1, 0.15) is 23.8 Å². The standard InChI is InChI=1S/C14H15NO4S/c1-3-6-19-12-7-9(4-5-11(12)18-2)13-15-10(8-20-13)14(16)17/h4-5,7-8H,3,6H2,1-2H3,(H,16,17). The molecule has 1 heterocycles. The molecule has 0 amide bonds. The molecule has 1 aromatic carbocycles. The van der Waals surface area contributed by atoms with Gasteiger partial charge >= 0.3 is 5.97 Å². The van der Waals surface area contributed by atoms with Crippen molar-refractivity contribution in [3.63, 3.8) is 0 Å². The summed E-state index contributed by atoms with van der Waals surface area (Å²) in [4.78, 5) is 14.9. The van der Waals surface area contributed by atoms with E-state index in [9.17, 15) is 4.79 Å². The quantitative estimate of drug-likeness (QED) is 0.885. The third-order valence-corrected chi connectivity index (χ3v) is 3.49. The molecule has 5 nitrogen and oxygen atoms in total. The third-order valence-electron chi connectivity index (χ3n) is 2.60. The Bertz CT molecular complexity index is 609. The van der Waals surface area contributed by atoms with Crippen molar-refractivity contribution < 1.29 is 19.4 Å². The molecule has 0 spiro atoms. The lowest BCUT2D eigenvalue weighted by Crippen LogP contribution is -1.98. The van der Waals surface area contributed by atoms with Crippen LogP contribution >= 0.6 is 11.3 Å². The van der Waals surface area contributed by atoms with E-state index >= 15 is 0 Å². The molecule has 106 valence electrons. The highest BCUT2D eigenvalue weighted by Crippen LogP contribution is 2.33. The normalized spacial score (nSPS) is 10.3. The highest BCUT2D eigenvalue weighted by Gasteiger charge is 2.12. The summed E-state index contributed by atoms with van der Waals surface area (Å²) in [6, 6.07) is 5.45. The van der Waals surface area contributed by atoms with Crippen molar-refractivity contribution in [3.05, 3.63) is 29.3 Å². The van der Waals surface area contributed by atoms with Crippen LogP contribution in [0.25, 0.3) is 10.6 Å². The molecular formula is C14H15NO4S. The number of carboxylic acids is 1. The van der Waals surface area contributed by atoms with Gasteiger partial charge in [0.25, 0.3) is 0 Å². The van der Waals surface area contributed by atoms with E-state index in [0.29, 0.717) is 23.1 Å². The molecule has 2 rings (SSSR count). The molecule has 0 fully saturated rings. The molecule has 0 bridgehead atoms. The second kappa shape index (κ2) is 6.38. The van der Waals surface area contributed by atoms with Crippen LogP contribution in [0.3, 0.4) is 0 Å². The molecule has 1 aromatic heterocycles. The molecule has 0 saturated heterocycles. The number of thiazole rings is 1. The van der Waals surface area contributed by atoms with E-state index < -0.39 is 5.97 Å². The van der Waals surface area contributed by atoms with Crippen molar-refractivity contribution in [3.8, 4) is 22.1 Å². The molecule has 0 unspecified atom stereocenters. The first-order valence-electron chi connectivity index (χ1n) is 6.15. The van der Waals surface area contributed by atoms with Crippen LogP contribution in [-0.4, -0.2) is 29.8 Å². The number of nitrogens with zero attached hydrogens (tertiary/aromatic N) is 1. The lowest BCUT2D eigenvalue weighted by Gasteiger charge is -2.10. The summed E-state index contributed by atoms with van der Waals surface area (Å²) < 4.78 is 10.9. The Balaban J connectivity index is 2.33. The number of carbonyl (C=O) groups is 1. The second-order valence-electron chi connectivity index (χ2n) is 4.06. The molecule has 2 aromatic rings. The predicted molar refractivity (Wildman–Crippen MR) is 76.8 cm³/mol. The Kier molecular flexibility index (Phi) is 4.57. The molecule has 0 aliphatic heterocycles. The predicted octanol–water partition coefficient (Wildman–Crippen LogP) is 3.31. The number of rotatable bonds is 6. The van der Waals surface area contributed by atoms with Gasteiger partial charge in [0.1, 0.15) is 5.01 Å². The minimum absolute atomic E-state index is 0.0526. The fraction of sp³-hybridized carbons (Fsp3) is 0.286. The summed E-state index contributed by atoms with van der Waals surface area (Å²) in [5.41, 5.74) is 0.867. The topological polar surface area (TPSA) is 68.7 Å². The smallest absolute Gasteiger partial charge is 0.355 e. The lowest BCUT2D eigenvalue weighted by atomic mass is 10.2. The van der Waals surface area contributed by atoms with Crippen LogP contribution < -0.4 is 9.47 Å². The number of benzene rings is 1. The zero-order valence-corrected chi connectivity index (χ0v) is 12.1. The van der Waals surface area contributed by atoms with Gasteiger partial charge in [-0.15, -0.1) is 11.3 Å². The fourth-order valence-electron chi connectivity index (χ4n) is 1.64. The molecule has 0 saturated carbocycles. The Labute approximate surface area is 120 Å². The maximum absolute atomic E-state index is 10.9. The van der Waals surface area contributed by atoms with Crippen LogP contribution in [0.15, 0.2) is 23.6 Å². The summed E-state index contributed by atoms with van der Waals surface area (Å²) >= 11 is 1.29. The average Bonchev–Trinajstić information content (AvgIpc) is 2.94. The summed E-state index contributed by atoms with van der Waals surface area (Å²) in [5, 5.41) is 11.1. The first-order valence-corrected chi connectivity index (χ1v) is 7.03. The summed E-state index contributed by atoms with van der Waals surface area (Å²) in [5.74, 6) is 0.264. The third kappa shape index (κ3) is 3.08. The second-order valence-corrected chi connectivity index (χ2v) is 4.92. The highest BCUT2D eigenvalue weighted by molar-refractivity contribution is 7.13. The van der Waals surface area contributed by atoms with E-state index in [0.717, 1.165) is 12.0 Å². The van der Waals surface area contributed by atoms with Gasteiger partial charge in [-0.05, 0) is 24.6 Å². The van der Waals surface area contributed by atoms with Crippen molar-refractivity contribution in [1.29, 1.82) is 0 Å². The Morgan fingerprint density at radius 2 is 2.20 bits per heavy atom. The lowest BCUT2D eigenvalue weighted by molar-refractivity contribution is 0.0691. The number of hydrogen-bond acceptors (Lipinski definition) is 5. The SMILES string of the molecule is CCCOc1cc(-c2nc(C(=O)O)cs2)ccc1OC. The van der Waals surface area contributed by atoms with Gasteiger partial charge in [-0.3, -0.25) is 0 Å². The van der Waals surface area contributed by atoms with Crippen molar-refractivity contribution in [1.82, 2.24) is 4.98 Å². The zero-order valence-electron chi connectivity index (χ0n) is 11.3. The molecule has 0 radical (unpaired) electrons. The maximum atomic E-state index is 10.9. The van der Waals surface area contributed by atoms with Crippen LogP contribution in [0, 0.1) is 0 Å². The molecule has 20 heavy (non-hydrogen) atoms. The van der Waals surface area contributed by atoms with E-state index in [-0.39, 0.29) is 5.69 Å². The monoisotopic (exact) mass is 293 g/mol. The largest absolute Gasteiger partial charge is 0.493 e. The number of aromatic carboxylic acids is 1. The van der Waals surface area contributed by atoms with E-state index in [4.69, 9.17) is 14.6 Å². The molecular weight excluding hydrogens is 278 g/mol. The van der Waals surface area contributed by atoms with Gasteiger partial charge in [0.05, 0.1) is 13.7 Å². The summed E-state index contributed by atoms with van der Waals surface area (Å²) in [6.07, 6.45) is 0.897. The molecule has 1 N–H and O–H groups in total. The number of aromatic nitrogens is 1. The van der Waals surface area contributed by atoms with Crippen molar-refractivity contribution in [2.75, 3.05) is 13.7 Å². The Hall–Kier alpha value is -2.08. The van der Waals surface area contributed by atoms with Gasteiger partial charge in [0.15, 0.2) is 17.2 Å².